The molecule has 0 fully saturated rings. The van der Waals surface area contributed by atoms with Crippen LogP contribution in [0.3, 0.4) is 0 Å². The molecule has 4 rings (SSSR count). The normalized spacial score (nSPS) is 10.8. The fourth-order valence-electron chi connectivity index (χ4n) is 3.19. The van der Waals surface area contributed by atoms with E-state index in [-0.39, 0.29) is 22.5 Å². The number of ether oxygens (including phenoxy) is 3. The summed E-state index contributed by atoms with van der Waals surface area (Å²) in [5.74, 6) is 1.20. The Morgan fingerprint density at radius 2 is 1.54 bits per heavy atom. The molecule has 11 heteroatoms. The van der Waals surface area contributed by atoms with Crippen LogP contribution in [0.2, 0.25) is 0 Å². The zero-order valence-electron chi connectivity index (χ0n) is 19.8. The minimum atomic E-state index is -3.91. The fraction of sp³-hybridized carbons (Fsp3) is 0.115. The van der Waals surface area contributed by atoms with Crippen LogP contribution in [0.1, 0.15) is 10.4 Å². The van der Waals surface area contributed by atoms with Crippen molar-refractivity contribution in [2.75, 3.05) is 30.4 Å². The second-order valence-electron chi connectivity index (χ2n) is 7.57. The Balaban J connectivity index is 1.32. The van der Waals surface area contributed by atoms with E-state index in [0.717, 1.165) is 5.75 Å². The van der Waals surface area contributed by atoms with Gasteiger partial charge in [0.2, 0.25) is 5.88 Å². The standard InChI is InChI=1S/C26H24N4O6S/c1-34-25-17-24(27-18-28-25)30-37(32,33)23-12-10-20(11-13-23)29-26(31)19-6-5-9-22(16-19)36-15-14-35-21-7-3-2-4-8-21/h2-13,16-18H,14-15H2,1H3,(H,29,31)(H,27,28,30). The molecule has 0 radical (unpaired) electrons. The first-order valence-corrected chi connectivity index (χ1v) is 12.6. The number of hydrogen-bond donors (Lipinski definition) is 2. The fourth-order valence-corrected chi connectivity index (χ4v) is 4.19. The van der Waals surface area contributed by atoms with Crippen molar-refractivity contribution in [3.63, 3.8) is 0 Å². The van der Waals surface area contributed by atoms with Gasteiger partial charge in [-0.15, -0.1) is 0 Å². The van der Waals surface area contributed by atoms with Gasteiger partial charge in [-0.3, -0.25) is 9.52 Å². The molecule has 0 aliphatic heterocycles. The molecule has 37 heavy (non-hydrogen) atoms. The monoisotopic (exact) mass is 520 g/mol. The number of para-hydroxylation sites is 1. The van der Waals surface area contributed by atoms with Crippen molar-refractivity contribution in [1.29, 1.82) is 0 Å². The van der Waals surface area contributed by atoms with E-state index in [4.69, 9.17) is 14.2 Å². The molecular weight excluding hydrogens is 496 g/mol. The number of carbonyl (C=O) groups is 1. The molecule has 0 aliphatic rings. The van der Waals surface area contributed by atoms with Crippen LogP contribution < -0.4 is 24.2 Å². The first-order chi connectivity index (χ1) is 17.9. The zero-order valence-corrected chi connectivity index (χ0v) is 20.6. The molecule has 3 aromatic carbocycles. The predicted molar refractivity (Wildman–Crippen MR) is 138 cm³/mol. The molecule has 0 unspecified atom stereocenters. The predicted octanol–water partition coefficient (Wildman–Crippen LogP) is 4.00. The minimum absolute atomic E-state index is 0.00352. The lowest BCUT2D eigenvalue weighted by molar-refractivity contribution is 0.102. The summed E-state index contributed by atoms with van der Waals surface area (Å²) in [5, 5.41) is 2.75. The Labute approximate surface area is 214 Å². The van der Waals surface area contributed by atoms with Gasteiger partial charge in [0, 0.05) is 17.3 Å². The number of amides is 1. The van der Waals surface area contributed by atoms with Crippen LogP contribution in [-0.2, 0) is 10.0 Å². The number of carbonyl (C=O) groups excluding carboxylic acids is 1. The van der Waals surface area contributed by atoms with E-state index in [9.17, 15) is 13.2 Å². The third kappa shape index (κ3) is 7.18. The average Bonchev–Trinajstić information content (AvgIpc) is 2.92. The summed E-state index contributed by atoms with van der Waals surface area (Å²) in [4.78, 5) is 20.4. The van der Waals surface area contributed by atoms with Crippen LogP contribution in [0.4, 0.5) is 11.5 Å². The zero-order chi connectivity index (χ0) is 26.1. The van der Waals surface area contributed by atoms with E-state index in [1.807, 2.05) is 30.3 Å². The number of methoxy groups -OCH3 is 1. The van der Waals surface area contributed by atoms with Gasteiger partial charge in [0.05, 0.1) is 12.0 Å². The Morgan fingerprint density at radius 1 is 0.838 bits per heavy atom. The van der Waals surface area contributed by atoms with Crippen LogP contribution in [0, 0.1) is 0 Å². The van der Waals surface area contributed by atoms with E-state index in [0.29, 0.717) is 30.2 Å². The largest absolute Gasteiger partial charge is 0.490 e. The minimum Gasteiger partial charge on any atom is -0.490 e. The maximum Gasteiger partial charge on any atom is 0.263 e. The summed E-state index contributed by atoms with van der Waals surface area (Å²) in [6.45, 7) is 0.668. The van der Waals surface area contributed by atoms with Gasteiger partial charge in [0.25, 0.3) is 15.9 Å². The van der Waals surface area contributed by atoms with Gasteiger partial charge >= 0.3 is 0 Å². The number of nitrogens with zero attached hydrogens (tertiary/aromatic N) is 2. The number of benzene rings is 3. The molecular formula is C26H24N4O6S. The first kappa shape index (κ1) is 25.5. The van der Waals surface area contributed by atoms with Crippen LogP contribution in [0.15, 0.2) is 96.2 Å². The maximum absolute atomic E-state index is 12.7. The number of rotatable bonds is 11. The van der Waals surface area contributed by atoms with Crippen LogP contribution in [-0.4, -0.2) is 44.6 Å². The Hall–Kier alpha value is -4.64. The highest BCUT2D eigenvalue weighted by Gasteiger charge is 2.16. The Morgan fingerprint density at radius 3 is 2.27 bits per heavy atom. The van der Waals surface area contributed by atoms with Crippen molar-refractivity contribution < 1.29 is 27.4 Å². The molecule has 1 amide bonds. The summed E-state index contributed by atoms with van der Waals surface area (Å²) in [7, 11) is -2.49. The summed E-state index contributed by atoms with van der Waals surface area (Å²) in [6, 6.07) is 23.3. The van der Waals surface area contributed by atoms with E-state index in [1.54, 1.807) is 24.3 Å². The number of aromatic nitrogens is 2. The van der Waals surface area contributed by atoms with E-state index in [2.05, 4.69) is 20.0 Å². The van der Waals surface area contributed by atoms with Gasteiger partial charge in [0.15, 0.2) is 0 Å². The highest BCUT2D eigenvalue weighted by molar-refractivity contribution is 7.92. The molecule has 1 heterocycles. The van der Waals surface area contributed by atoms with Gasteiger partial charge in [-0.2, -0.15) is 0 Å². The van der Waals surface area contributed by atoms with E-state index < -0.39 is 10.0 Å². The van der Waals surface area contributed by atoms with Crippen molar-refractivity contribution in [2.24, 2.45) is 0 Å². The lowest BCUT2D eigenvalue weighted by Gasteiger charge is -2.11. The van der Waals surface area contributed by atoms with Gasteiger partial charge in [-0.1, -0.05) is 24.3 Å². The average molecular weight is 521 g/mol. The van der Waals surface area contributed by atoms with Gasteiger partial charge in [0.1, 0.15) is 36.9 Å². The quantitative estimate of drug-likeness (QED) is 0.284. The summed E-state index contributed by atoms with van der Waals surface area (Å²) >= 11 is 0. The van der Waals surface area contributed by atoms with Crippen molar-refractivity contribution in [2.45, 2.75) is 4.90 Å². The maximum atomic E-state index is 12.7. The molecule has 2 N–H and O–H groups in total. The lowest BCUT2D eigenvalue weighted by Crippen LogP contribution is -2.15. The molecule has 0 bridgehead atoms. The highest BCUT2D eigenvalue weighted by Crippen LogP contribution is 2.20. The number of anilines is 2. The van der Waals surface area contributed by atoms with Crippen molar-refractivity contribution >= 4 is 27.4 Å². The highest BCUT2D eigenvalue weighted by atomic mass is 32.2. The molecule has 10 nitrogen and oxygen atoms in total. The molecule has 190 valence electrons. The van der Waals surface area contributed by atoms with Gasteiger partial charge in [-0.25, -0.2) is 18.4 Å². The van der Waals surface area contributed by atoms with Gasteiger partial charge in [-0.05, 0) is 54.6 Å². The summed E-state index contributed by atoms with van der Waals surface area (Å²) < 4.78 is 43.9. The Kier molecular flexibility index (Phi) is 8.16. The van der Waals surface area contributed by atoms with Crippen LogP contribution in [0.5, 0.6) is 17.4 Å². The van der Waals surface area contributed by atoms with E-state index in [1.165, 1.54) is 43.8 Å². The second kappa shape index (κ2) is 11.9. The molecule has 0 atom stereocenters. The smallest absolute Gasteiger partial charge is 0.263 e. The molecule has 1 aromatic heterocycles. The van der Waals surface area contributed by atoms with Crippen molar-refractivity contribution in [1.82, 2.24) is 9.97 Å². The summed E-state index contributed by atoms with van der Waals surface area (Å²) in [6.07, 6.45) is 1.19. The SMILES string of the molecule is COc1cc(NS(=O)(=O)c2ccc(NC(=O)c3cccc(OCCOc4ccccc4)c3)cc2)ncn1. The first-order valence-electron chi connectivity index (χ1n) is 11.1. The van der Waals surface area contributed by atoms with E-state index >= 15 is 0 Å². The molecule has 0 saturated carbocycles. The van der Waals surface area contributed by atoms with Crippen LogP contribution in [0.25, 0.3) is 0 Å². The molecule has 0 spiro atoms. The van der Waals surface area contributed by atoms with Crippen molar-refractivity contribution in [3.05, 3.63) is 96.8 Å². The van der Waals surface area contributed by atoms with Crippen molar-refractivity contribution in [3.8, 4) is 17.4 Å². The summed E-state index contributed by atoms with van der Waals surface area (Å²) in [5.41, 5.74) is 0.813. The van der Waals surface area contributed by atoms with Gasteiger partial charge < -0.3 is 19.5 Å². The number of sulfonamides is 1. The third-order valence-electron chi connectivity index (χ3n) is 4.97. The Bertz CT molecular complexity index is 1450. The van der Waals surface area contributed by atoms with Crippen LogP contribution >= 0.6 is 0 Å². The second-order valence-corrected chi connectivity index (χ2v) is 9.25. The molecule has 4 aromatic rings. The molecule has 0 saturated heterocycles. The molecule has 0 aliphatic carbocycles. The lowest BCUT2D eigenvalue weighted by atomic mass is 10.2. The third-order valence-corrected chi connectivity index (χ3v) is 6.34. The number of nitrogens with one attached hydrogen (secondary N) is 2. The topological polar surface area (TPSA) is 129 Å². The number of hydrogen-bond acceptors (Lipinski definition) is 8.